The molecule has 1 fully saturated rings. The Balaban J connectivity index is 1.81. The molecule has 1 aliphatic carbocycles. The van der Waals surface area contributed by atoms with E-state index in [0.29, 0.717) is 6.04 Å². The largest absolute Gasteiger partial charge is 0.308 e. The zero-order valence-corrected chi connectivity index (χ0v) is 9.53. The van der Waals surface area contributed by atoms with Gasteiger partial charge in [0.15, 0.2) is 0 Å². The maximum Gasteiger partial charge on any atom is 0.125 e. The molecule has 1 unspecified atom stereocenters. The van der Waals surface area contributed by atoms with Gasteiger partial charge < -0.3 is 5.32 Å². The first-order valence-corrected chi connectivity index (χ1v) is 5.77. The van der Waals surface area contributed by atoms with Crippen LogP contribution in [0.2, 0.25) is 0 Å². The van der Waals surface area contributed by atoms with E-state index in [1.165, 1.54) is 19.3 Å². The van der Waals surface area contributed by atoms with Crippen molar-refractivity contribution in [1.82, 2.24) is 15.3 Å². The second-order valence-corrected chi connectivity index (χ2v) is 4.46. The molecule has 0 aromatic carbocycles. The highest BCUT2D eigenvalue weighted by molar-refractivity contribution is 5.01. The van der Waals surface area contributed by atoms with Gasteiger partial charge >= 0.3 is 0 Å². The molecule has 1 atom stereocenters. The van der Waals surface area contributed by atoms with Crippen molar-refractivity contribution in [3.8, 4) is 0 Å². The first-order chi connectivity index (χ1) is 7.25. The second kappa shape index (κ2) is 4.71. The van der Waals surface area contributed by atoms with E-state index in [4.69, 9.17) is 0 Å². The van der Waals surface area contributed by atoms with Gasteiger partial charge in [-0.1, -0.05) is 6.42 Å². The lowest BCUT2D eigenvalue weighted by Crippen LogP contribution is -2.36. The summed E-state index contributed by atoms with van der Waals surface area (Å²) in [5, 5.41) is 3.54. The van der Waals surface area contributed by atoms with Crippen LogP contribution in [0.1, 0.15) is 37.7 Å². The number of rotatable bonds is 4. The summed E-state index contributed by atoms with van der Waals surface area (Å²) < 4.78 is 0. The number of hydrogen-bond donors (Lipinski definition) is 1. The van der Waals surface area contributed by atoms with E-state index >= 15 is 0 Å². The van der Waals surface area contributed by atoms with Gasteiger partial charge in [0.1, 0.15) is 5.82 Å². The third-order valence-electron chi connectivity index (χ3n) is 3.30. The van der Waals surface area contributed by atoms with Crippen LogP contribution < -0.4 is 5.32 Å². The fourth-order valence-corrected chi connectivity index (χ4v) is 1.98. The fourth-order valence-electron chi connectivity index (χ4n) is 1.98. The molecule has 15 heavy (non-hydrogen) atoms. The van der Waals surface area contributed by atoms with Gasteiger partial charge in [0, 0.05) is 18.8 Å². The summed E-state index contributed by atoms with van der Waals surface area (Å²) in [7, 11) is 0. The van der Waals surface area contributed by atoms with E-state index in [1.54, 1.807) is 0 Å². The molecule has 0 radical (unpaired) electrons. The Morgan fingerprint density at radius 3 is 2.93 bits per heavy atom. The lowest BCUT2D eigenvalue weighted by atomic mass is 9.80. The average Bonchev–Trinajstić information content (AvgIpc) is 2.12. The lowest BCUT2D eigenvalue weighted by molar-refractivity contribution is 0.239. The van der Waals surface area contributed by atoms with Crippen molar-refractivity contribution in [1.29, 1.82) is 0 Å². The van der Waals surface area contributed by atoms with E-state index in [-0.39, 0.29) is 0 Å². The number of hydrogen-bond acceptors (Lipinski definition) is 3. The van der Waals surface area contributed by atoms with Crippen molar-refractivity contribution in [3.63, 3.8) is 0 Å². The van der Waals surface area contributed by atoms with Gasteiger partial charge in [-0.2, -0.15) is 0 Å². The van der Waals surface area contributed by atoms with Crippen LogP contribution in [0.4, 0.5) is 0 Å². The molecule has 3 nitrogen and oxygen atoms in total. The second-order valence-electron chi connectivity index (χ2n) is 4.46. The maximum absolute atomic E-state index is 4.37. The van der Waals surface area contributed by atoms with E-state index in [9.17, 15) is 0 Å². The molecule has 0 saturated heterocycles. The van der Waals surface area contributed by atoms with Crippen LogP contribution in [0.25, 0.3) is 0 Å². The highest BCUT2D eigenvalue weighted by Crippen LogP contribution is 2.29. The minimum Gasteiger partial charge on any atom is -0.308 e. The van der Waals surface area contributed by atoms with Crippen molar-refractivity contribution in [2.45, 2.75) is 45.7 Å². The molecule has 1 aromatic rings. The molecule has 1 aliphatic rings. The minimum atomic E-state index is 0.619. The summed E-state index contributed by atoms with van der Waals surface area (Å²) in [5.41, 5.74) is 1.09. The molecule has 1 saturated carbocycles. The minimum absolute atomic E-state index is 0.619. The van der Waals surface area contributed by atoms with E-state index in [1.807, 2.05) is 19.2 Å². The van der Waals surface area contributed by atoms with Crippen LogP contribution >= 0.6 is 0 Å². The standard InChI is InChI=1S/C12H19N3/c1-9(11-4-3-5-11)14-8-12-6-7-13-10(2)15-12/h6-7,9,11,14H,3-5,8H2,1-2H3. The summed E-state index contributed by atoms with van der Waals surface area (Å²) in [6, 6.07) is 2.60. The molecular weight excluding hydrogens is 186 g/mol. The van der Waals surface area contributed by atoms with Crippen molar-refractivity contribution >= 4 is 0 Å². The molecule has 0 spiro atoms. The molecule has 1 aromatic heterocycles. The molecule has 1 N–H and O–H groups in total. The van der Waals surface area contributed by atoms with Gasteiger partial charge in [0.05, 0.1) is 5.69 Å². The molecule has 2 rings (SSSR count). The lowest BCUT2D eigenvalue weighted by Gasteiger charge is -2.32. The highest BCUT2D eigenvalue weighted by atomic mass is 15.0. The normalized spacial score (nSPS) is 18.5. The number of aromatic nitrogens is 2. The zero-order valence-electron chi connectivity index (χ0n) is 9.53. The first-order valence-electron chi connectivity index (χ1n) is 5.77. The average molecular weight is 205 g/mol. The van der Waals surface area contributed by atoms with Crippen LogP contribution in [-0.2, 0) is 6.54 Å². The Bertz CT molecular complexity index is 320. The third kappa shape index (κ3) is 2.75. The Hall–Kier alpha value is -0.960. The first kappa shape index (κ1) is 10.6. The fraction of sp³-hybridized carbons (Fsp3) is 0.667. The predicted octanol–water partition coefficient (Wildman–Crippen LogP) is 2.06. The Morgan fingerprint density at radius 1 is 1.53 bits per heavy atom. The van der Waals surface area contributed by atoms with Crippen molar-refractivity contribution < 1.29 is 0 Å². The SMILES string of the molecule is Cc1nccc(CNC(C)C2CCC2)n1. The topological polar surface area (TPSA) is 37.8 Å². The maximum atomic E-state index is 4.37. The zero-order chi connectivity index (χ0) is 10.7. The summed E-state index contributed by atoms with van der Waals surface area (Å²) in [6.07, 6.45) is 6.00. The van der Waals surface area contributed by atoms with Crippen molar-refractivity contribution in [3.05, 3.63) is 23.8 Å². The molecular formula is C12H19N3. The third-order valence-corrected chi connectivity index (χ3v) is 3.30. The molecule has 3 heteroatoms. The quantitative estimate of drug-likeness (QED) is 0.817. The van der Waals surface area contributed by atoms with Gasteiger partial charge in [0.2, 0.25) is 0 Å². The van der Waals surface area contributed by atoms with Crippen molar-refractivity contribution in [2.24, 2.45) is 5.92 Å². The Morgan fingerprint density at radius 2 is 2.33 bits per heavy atom. The molecule has 0 aliphatic heterocycles. The smallest absolute Gasteiger partial charge is 0.125 e. The van der Waals surface area contributed by atoms with Crippen LogP contribution in [-0.4, -0.2) is 16.0 Å². The predicted molar refractivity (Wildman–Crippen MR) is 60.4 cm³/mol. The summed E-state index contributed by atoms with van der Waals surface area (Å²) >= 11 is 0. The molecule has 0 amide bonds. The molecule has 1 heterocycles. The number of nitrogens with one attached hydrogen (secondary N) is 1. The van der Waals surface area contributed by atoms with Gasteiger partial charge in [-0.05, 0) is 38.7 Å². The van der Waals surface area contributed by atoms with E-state index in [2.05, 4.69) is 22.2 Å². The number of nitrogens with zero attached hydrogens (tertiary/aromatic N) is 2. The van der Waals surface area contributed by atoms with Gasteiger partial charge in [-0.25, -0.2) is 9.97 Å². The van der Waals surface area contributed by atoms with Crippen LogP contribution in [0, 0.1) is 12.8 Å². The van der Waals surface area contributed by atoms with Gasteiger partial charge in [-0.3, -0.25) is 0 Å². The van der Waals surface area contributed by atoms with Crippen molar-refractivity contribution in [2.75, 3.05) is 0 Å². The monoisotopic (exact) mass is 205 g/mol. The summed E-state index contributed by atoms with van der Waals surface area (Å²) in [5.74, 6) is 1.73. The van der Waals surface area contributed by atoms with Crippen LogP contribution in [0.3, 0.4) is 0 Å². The Kier molecular flexibility index (Phi) is 3.31. The van der Waals surface area contributed by atoms with Crippen LogP contribution in [0.15, 0.2) is 12.3 Å². The van der Waals surface area contributed by atoms with Crippen LogP contribution in [0.5, 0.6) is 0 Å². The van der Waals surface area contributed by atoms with E-state index in [0.717, 1.165) is 24.0 Å². The van der Waals surface area contributed by atoms with E-state index < -0.39 is 0 Å². The summed E-state index contributed by atoms with van der Waals surface area (Å²) in [6.45, 7) is 5.07. The Labute approximate surface area is 91.3 Å². The van der Waals surface area contributed by atoms with Gasteiger partial charge in [0.25, 0.3) is 0 Å². The number of aryl methyl sites for hydroxylation is 1. The molecule has 0 bridgehead atoms. The highest BCUT2D eigenvalue weighted by Gasteiger charge is 2.23. The summed E-state index contributed by atoms with van der Waals surface area (Å²) in [4.78, 5) is 8.47. The van der Waals surface area contributed by atoms with Gasteiger partial charge in [-0.15, -0.1) is 0 Å². The molecule has 82 valence electrons.